The molecule has 0 spiro atoms. The van der Waals surface area contributed by atoms with Crippen LogP contribution in [-0.4, -0.2) is 53.6 Å². The second kappa shape index (κ2) is 8.60. The van der Waals surface area contributed by atoms with E-state index in [9.17, 15) is 4.79 Å². The monoisotopic (exact) mass is 336 g/mol. The van der Waals surface area contributed by atoms with E-state index in [4.69, 9.17) is 5.11 Å². The van der Waals surface area contributed by atoms with E-state index in [1.807, 2.05) is 18.2 Å². The van der Waals surface area contributed by atoms with Crippen molar-refractivity contribution in [3.63, 3.8) is 0 Å². The van der Waals surface area contributed by atoms with Crippen LogP contribution in [0.4, 0.5) is 0 Å². The first-order valence-electron chi connectivity index (χ1n) is 8.69. The van der Waals surface area contributed by atoms with E-state index >= 15 is 0 Å². The third-order valence-electron chi connectivity index (χ3n) is 4.52. The lowest BCUT2D eigenvalue weighted by Crippen LogP contribution is -2.45. The first-order valence-corrected chi connectivity index (χ1v) is 8.69. The third-order valence-corrected chi connectivity index (χ3v) is 4.52. The molecule has 1 aliphatic rings. The standard InChI is InChI=1S/C21H24N2O2/c24-21(25)20-10-4-8-19(16-20)17-23-14-12-22(13-15-23)11-5-9-18-6-2-1-3-7-18/h1-10,16H,11-15,17H2,(H,24,25)/b9-5+. The van der Waals surface area contributed by atoms with E-state index in [0.717, 1.165) is 44.8 Å². The van der Waals surface area contributed by atoms with Gasteiger partial charge in [-0.1, -0.05) is 54.6 Å². The highest BCUT2D eigenvalue weighted by Gasteiger charge is 2.16. The van der Waals surface area contributed by atoms with E-state index in [0.29, 0.717) is 5.56 Å². The Labute approximate surface area is 149 Å². The minimum absolute atomic E-state index is 0.363. The molecule has 0 aliphatic carbocycles. The lowest BCUT2D eigenvalue weighted by Gasteiger charge is -2.34. The molecule has 2 aromatic carbocycles. The van der Waals surface area contributed by atoms with Gasteiger partial charge in [0.1, 0.15) is 0 Å². The first kappa shape index (κ1) is 17.4. The number of benzene rings is 2. The molecular weight excluding hydrogens is 312 g/mol. The number of carboxylic acids is 1. The molecule has 1 aliphatic heterocycles. The lowest BCUT2D eigenvalue weighted by atomic mass is 10.1. The molecule has 3 rings (SSSR count). The van der Waals surface area contributed by atoms with Crippen molar-refractivity contribution in [3.8, 4) is 0 Å². The number of carboxylic acid groups (broad SMARTS) is 1. The molecule has 0 unspecified atom stereocenters. The van der Waals surface area contributed by atoms with Gasteiger partial charge in [0, 0.05) is 39.3 Å². The lowest BCUT2D eigenvalue weighted by molar-refractivity contribution is 0.0696. The van der Waals surface area contributed by atoms with Gasteiger partial charge < -0.3 is 5.11 Å². The number of nitrogens with zero attached hydrogens (tertiary/aromatic N) is 2. The highest BCUT2D eigenvalue weighted by molar-refractivity contribution is 5.87. The molecule has 0 saturated carbocycles. The Morgan fingerprint density at radius 2 is 1.68 bits per heavy atom. The van der Waals surface area contributed by atoms with Gasteiger partial charge in [-0.25, -0.2) is 4.79 Å². The zero-order valence-corrected chi connectivity index (χ0v) is 14.3. The summed E-state index contributed by atoms with van der Waals surface area (Å²) in [6, 6.07) is 17.6. The third kappa shape index (κ3) is 5.28. The van der Waals surface area contributed by atoms with Crippen LogP contribution in [0.2, 0.25) is 0 Å². The van der Waals surface area contributed by atoms with Gasteiger partial charge in [0.2, 0.25) is 0 Å². The summed E-state index contributed by atoms with van der Waals surface area (Å²) in [4.78, 5) is 15.9. The van der Waals surface area contributed by atoms with Crippen molar-refractivity contribution in [2.24, 2.45) is 0 Å². The Morgan fingerprint density at radius 1 is 0.960 bits per heavy atom. The van der Waals surface area contributed by atoms with Crippen LogP contribution in [0, 0.1) is 0 Å². The fraction of sp³-hybridized carbons (Fsp3) is 0.286. The van der Waals surface area contributed by atoms with Gasteiger partial charge in [0.25, 0.3) is 0 Å². The van der Waals surface area contributed by atoms with Crippen molar-refractivity contribution in [1.29, 1.82) is 0 Å². The Kier molecular flexibility index (Phi) is 5.99. The maximum Gasteiger partial charge on any atom is 0.335 e. The molecule has 2 aromatic rings. The zero-order chi connectivity index (χ0) is 17.5. The van der Waals surface area contributed by atoms with E-state index in [1.165, 1.54) is 5.56 Å². The Bertz CT molecular complexity index is 720. The molecule has 0 amide bonds. The minimum atomic E-state index is -0.864. The summed E-state index contributed by atoms with van der Waals surface area (Å²) in [5.41, 5.74) is 2.67. The Hall–Kier alpha value is -2.43. The number of aromatic carboxylic acids is 1. The van der Waals surface area contributed by atoms with Crippen LogP contribution < -0.4 is 0 Å². The number of carbonyl (C=O) groups is 1. The van der Waals surface area contributed by atoms with Crippen LogP contribution in [0.1, 0.15) is 21.5 Å². The SMILES string of the molecule is O=C(O)c1cccc(CN2CCN(C/C=C/c3ccccc3)CC2)c1. The van der Waals surface area contributed by atoms with Gasteiger partial charge in [-0.15, -0.1) is 0 Å². The normalized spacial score (nSPS) is 16.3. The van der Waals surface area contributed by atoms with Crippen LogP contribution in [0.5, 0.6) is 0 Å². The van der Waals surface area contributed by atoms with Crippen LogP contribution in [0.3, 0.4) is 0 Å². The summed E-state index contributed by atoms with van der Waals surface area (Å²) < 4.78 is 0. The van der Waals surface area contributed by atoms with Crippen molar-refractivity contribution in [3.05, 3.63) is 77.4 Å². The molecule has 0 bridgehead atoms. The summed E-state index contributed by atoms with van der Waals surface area (Å²) in [5, 5.41) is 9.09. The van der Waals surface area contributed by atoms with Crippen molar-refractivity contribution in [2.75, 3.05) is 32.7 Å². The fourth-order valence-electron chi connectivity index (χ4n) is 3.09. The quantitative estimate of drug-likeness (QED) is 0.880. The maximum absolute atomic E-state index is 11.1. The number of rotatable bonds is 6. The van der Waals surface area contributed by atoms with E-state index in [-0.39, 0.29) is 0 Å². The van der Waals surface area contributed by atoms with Gasteiger partial charge in [0.05, 0.1) is 5.56 Å². The summed E-state index contributed by atoms with van der Waals surface area (Å²) in [6.07, 6.45) is 4.39. The molecule has 25 heavy (non-hydrogen) atoms. The van der Waals surface area contributed by atoms with Gasteiger partial charge in [-0.2, -0.15) is 0 Å². The van der Waals surface area contributed by atoms with Crippen molar-refractivity contribution in [2.45, 2.75) is 6.54 Å². The molecule has 4 heteroatoms. The minimum Gasteiger partial charge on any atom is -0.478 e. The highest BCUT2D eigenvalue weighted by Crippen LogP contribution is 2.11. The van der Waals surface area contributed by atoms with Gasteiger partial charge >= 0.3 is 5.97 Å². The van der Waals surface area contributed by atoms with Crippen molar-refractivity contribution >= 4 is 12.0 Å². The molecule has 1 saturated heterocycles. The van der Waals surface area contributed by atoms with E-state index in [2.05, 4.69) is 46.2 Å². The van der Waals surface area contributed by atoms with Gasteiger partial charge in [-0.3, -0.25) is 9.80 Å². The molecule has 0 aromatic heterocycles. The second-order valence-corrected chi connectivity index (χ2v) is 6.40. The molecule has 4 nitrogen and oxygen atoms in total. The van der Waals surface area contributed by atoms with Crippen LogP contribution in [0.25, 0.3) is 6.08 Å². The van der Waals surface area contributed by atoms with Crippen LogP contribution >= 0.6 is 0 Å². The molecule has 1 N–H and O–H groups in total. The predicted molar refractivity (Wildman–Crippen MR) is 101 cm³/mol. The first-order chi connectivity index (χ1) is 12.2. The Balaban J connectivity index is 1.45. The molecular formula is C21H24N2O2. The molecule has 1 heterocycles. The zero-order valence-electron chi connectivity index (χ0n) is 14.3. The molecule has 130 valence electrons. The van der Waals surface area contributed by atoms with Crippen LogP contribution in [0.15, 0.2) is 60.7 Å². The van der Waals surface area contributed by atoms with Gasteiger partial charge in [0.15, 0.2) is 0 Å². The van der Waals surface area contributed by atoms with Crippen molar-refractivity contribution < 1.29 is 9.90 Å². The van der Waals surface area contributed by atoms with Crippen molar-refractivity contribution in [1.82, 2.24) is 9.80 Å². The average molecular weight is 336 g/mol. The second-order valence-electron chi connectivity index (χ2n) is 6.40. The fourth-order valence-corrected chi connectivity index (χ4v) is 3.09. The summed E-state index contributed by atoms with van der Waals surface area (Å²) >= 11 is 0. The molecule has 0 atom stereocenters. The van der Waals surface area contributed by atoms with E-state index in [1.54, 1.807) is 12.1 Å². The Morgan fingerprint density at radius 3 is 2.40 bits per heavy atom. The maximum atomic E-state index is 11.1. The summed E-state index contributed by atoms with van der Waals surface area (Å²) in [7, 11) is 0. The molecule has 0 radical (unpaired) electrons. The van der Waals surface area contributed by atoms with E-state index < -0.39 is 5.97 Å². The average Bonchev–Trinajstić information content (AvgIpc) is 2.64. The summed E-state index contributed by atoms with van der Waals surface area (Å²) in [6.45, 7) is 5.88. The predicted octanol–water partition coefficient (Wildman–Crippen LogP) is 3.22. The topological polar surface area (TPSA) is 43.8 Å². The van der Waals surface area contributed by atoms with Gasteiger partial charge in [-0.05, 0) is 23.3 Å². The largest absolute Gasteiger partial charge is 0.478 e. The highest BCUT2D eigenvalue weighted by atomic mass is 16.4. The number of hydrogen-bond donors (Lipinski definition) is 1. The number of hydrogen-bond acceptors (Lipinski definition) is 3. The summed E-state index contributed by atoms with van der Waals surface area (Å²) in [5.74, 6) is -0.864. The van der Waals surface area contributed by atoms with Crippen LogP contribution in [-0.2, 0) is 6.54 Å². The molecule has 1 fully saturated rings. The smallest absolute Gasteiger partial charge is 0.335 e. The number of piperazine rings is 1.